The molecule has 0 unspecified atom stereocenters. The second-order valence-corrected chi connectivity index (χ2v) is 4.02. The molecule has 0 radical (unpaired) electrons. The zero-order valence-corrected chi connectivity index (χ0v) is 7.65. The summed E-state index contributed by atoms with van der Waals surface area (Å²) in [5.74, 6) is 0.651. The van der Waals surface area contributed by atoms with Gasteiger partial charge in [-0.1, -0.05) is 13.3 Å². The molecule has 3 N–H and O–H groups in total. The van der Waals surface area contributed by atoms with E-state index in [0.29, 0.717) is 11.2 Å². The normalized spacial score (nSPS) is 20.5. The summed E-state index contributed by atoms with van der Waals surface area (Å²) in [7, 11) is 0. The SMILES string of the molecule is Cc1c(N)n[nH]c1C1(C)CCC1. The second kappa shape index (κ2) is 2.25. The molecule has 0 spiro atoms. The lowest BCUT2D eigenvalue weighted by atomic mass is 9.67. The topological polar surface area (TPSA) is 54.7 Å². The van der Waals surface area contributed by atoms with Gasteiger partial charge in [-0.3, -0.25) is 5.10 Å². The molecule has 0 saturated heterocycles. The number of rotatable bonds is 1. The Morgan fingerprint density at radius 1 is 1.50 bits per heavy atom. The van der Waals surface area contributed by atoms with Gasteiger partial charge in [-0.15, -0.1) is 0 Å². The zero-order chi connectivity index (χ0) is 8.77. The number of nitrogens with zero attached hydrogens (tertiary/aromatic N) is 1. The molecule has 1 fully saturated rings. The lowest BCUT2D eigenvalue weighted by Gasteiger charge is -2.37. The van der Waals surface area contributed by atoms with Crippen LogP contribution in [0.15, 0.2) is 0 Å². The zero-order valence-electron chi connectivity index (χ0n) is 7.65. The van der Waals surface area contributed by atoms with E-state index in [4.69, 9.17) is 5.73 Å². The van der Waals surface area contributed by atoms with Crippen molar-refractivity contribution in [1.82, 2.24) is 10.2 Å². The van der Waals surface area contributed by atoms with E-state index in [1.807, 2.05) is 6.92 Å². The highest BCUT2D eigenvalue weighted by Gasteiger charge is 2.36. The number of aromatic nitrogens is 2. The van der Waals surface area contributed by atoms with Crippen molar-refractivity contribution in [3.8, 4) is 0 Å². The third-order valence-electron chi connectivity index (χ3n) is 3.11. The van der Waals surface area contributed by atoms with Crippen LogP contribution in [0.3, 0.4) is 0 Å². The van der Waals surface area contributed by atoms with Gasteiger partial charge in [0, 0.05) is 16.7 Å². The van der Waals surface area contributed by atoms with Crippen molar-refractivity contribution >= 4 is 5.82 Å². The Kier molecular flexibility index (Phi) is 1.43. The van der Waals surface area contributed by atoms with Crippen LogP contribution in [0.25, 0.3) is 0 Å². The van der Waals surface area contributed by atoms with Crippen LogP contribution in [0, 0.1) is 6.92 Å². The molecule has 3 nitrogen and oxygen atoms in total. The summed E-state index contributed by atoms with van der Waals surface area (Å²) in [6.07, 6.45) is 3.85. The van der Waals surface area contributed by atoms with Crippen molar-refractivity contribution in [3.63, 3.8) is 0 Å². The highest BCUT2D eigenvalue weighted by molar-refractivity contribution is 5.44. The van der Waals surface area contributed by atoms with E-state index in [2.05, 4.69) is 17.1 Å². The van der Waals surface area contributed by atoms with Crippen molar-refractivity contribution in [3.05, 3.63) is 11.3 Å². The maximum absolute atomic E-state index is 5.67. The molecular formula is C9H15N3. The molecule has 1 aromatic rings. The monoisotopic (exact) mass is 165 g/mol. The van der Waals surface area contributed by atoms with Gasteiger partial charge in [-0.05, 0) is 19.8 Å². The average Bonchev–Trinajstić information content (AvgIpc) is 2.29. The Labute approximate surface area is 72.4 Å². The van der Waals surface area contributed by atoms with Gasteiger partial charge in [0.1, 0.15) is 5.82 Å². The van der Waals surface area contributed by atoms with E-state index in [1.54, 1.807) is 0 Å². The number of nitrogens with two attached hydrogens (primary N) is 1. The molecule has 0 bridgehead atoms. The molecule has 1 saturated carbocycles. The number of aromatic amines is 1. The first-order valence-electron chi connectivity index (χ1n) is 4.44. The van der Waals surface area contributed by atoms with Crippen LogP contribution in [-0.4, -0.2) is 10.2 Å². The van der Waals surface area contributed by atoms with Gasteiger partial charge in [-0.2, -0.15) is 5.10 Å². The first-order chi connectivity index (χ1) is 5.63. The highest BCUT2D eigenvalue weighted by Crippen LogP contribution is 2.44. The van der Waals surface area contributed by atoms with Crippen molar-refractivity contribution in [1.29, 1.82) is 0 Å². The Hall–Kier alpha value is -0.990. The predicted molar refractivity (Wildman–Crippen MR) is 48.9 cm³/mol. The fourth-order valence-electron chi connectivity index (χ4n) is 1.96. The van der Waals surface area contributed by atoms with Crippen molar-refractivity contribution in [2.24, 2.45) is 0 Å². The first kappa shape index (κ1) is 7.65. The molecule has 0 atom stereocenters. The molecule has 0 amide bonds. The molecule has 66 valence electrons. The summed E-state index contributed by atoms with van der Waals surface area (Å²) in [6.45, 7) is 4.31. The van der Waals surface area contributed by atoms with Crippen LogP contribution in [0.1, 0.15) is 37.4 Å². The van der Waals surface area contributed by atoms with E-state index in [-0.39, 0.29) is 0 Å². The highest BCUT2D eigenvalue weighted by atomic mass is 15.2. The molecule has 1 aromatic heterocycles. The predicted octanol–water partition coefficient (Wildman–Crippen LogP) is 1.74. The minimum atomic E-state index is 0.328. The van der Waals surface area contributed by atoms with Crippen LogP contribution >= 0.6 is 0 Å². The number of hydrogen-bond donors (Lipinski definition) is 2. The smallest absolute Gasteiger partial charge is 0.148 e. The Bertz CT molecular complexity index is 297. The summed E-state index contributed by atoms with van der Waals surface area (Å²) in [5.41, 5.74) is 8.38. The molecule has 1 aliphatic carbocycles. The lowest BCUT2D eigenvalue weighted by Crippen LogP contribution is -2.31. The van der Waals surface area contributed by atoms with E-state index >= 15 is 0 Å². The van der Waals surface area contributed by atoms with E-state index < -0.39 is 0 Å². The van der Waals surface area contributed by atoms with Crippen LogP contribution in [-0.2, 0) is 5.41 Å². The second-order valence-electron chi connectivity index (χ2n) is 4.02. The molecular weight excluding hydrogens is 150 g/mol. The fourth-order valence-corrected chi connectivity index (χ4v) is 1.96. The number of anilines is 1. The summed E-state index contributed by atoms with van der Waals surface area (Å²) in [5, 5.41) is 7.06. The Balaban J connectivity index is 2.39. The van der Waals surface area contributed by atoms with Gasteiger partial charge in [0.25, 0.3) is 0 Å². The number of hydrogen-bond acceptors (Lipinski definition) is 2. The summed E-state index contributed by atoms with van der Waals surface area (Å²) in [4.78, 5) is 0. The van der Waals surface area contributed by atoms with Gasteiger partial charge in [0.2, 0.25) is 0 Å². The largest absolute Gasteiger partial charge is 0.382 e. The van der Waals surface area contributed by atoms with Crippen molar-refractivity contribution in [2.75, 3.05) is 5.73 Å². The van der Waals surface area contributed by atoms with Gasteiger partial charge in [-0.25, -0.2) is 0 Å². The molecule has 0 aliphatic heterocycles. The van der Waals surface area contributed by atoms with Crippen molar-refractivity contribution < 1.29 is 0 Å². The summed E-state index contributed by atoms with van der Waals surface area (Å²) in [6, 6.07) is 0. The average molecular weight is 165 g/mol. The summed E-state index contributed by atoms with van der Waals surface area (Å²) < 4.78 is 0. The molecule has 0 aromatic carbocycles. The molecule has 1 heterocycles. The van der Waals surface area contributed by atoms with Gasteiger partial charge >= 0.3 is 0 Å². The number of nitrogens with one attached hydrogen (secondary N) is 1. The van der Waals surface area contributed by atoms with Crippen LogP contribution < -0.4 is 5.73 Å². The van der Waals surface area contributed by atoms with E-state index in [0.717, 1.165) is 5.56 Å². The summed E-state index contributed by atoms with van der Waals surface area (Å²) >= 11 is 0. The standard InChI is InChI=1S/C9H15N3/c1-6-7(11-12-8(6)10)9(2)4-3-5-9/h3-5H2,1-2H3,(H3,10,11,12). The number of H-pyrrole nitrogens is 1. The maximum atomic E-state index is 5.67. The van der Waals surface area contributed by atoms with Crippen LogP contribution in [0.5, 0.6) is 0 Å². The third kappa shape index (κ3) is 0.854. The van der Waals surface area contributed by atoms with E-state index in [1.165, 1.54) is 25.0 Å². The third-order valence-corrected chi connectivity index (χ3v) is 3.11. The molecule has 1 aliphatic rings. The van der Waals surface area contributed by atoms with Crippen LogP contribution in [0.2, 0.25) is 0 Å². The number of nitrogen functional groups attached to an aromatic ring is 1. The van der Waals surface area contributed by atoms with E-state index in [9.17, 15) is 0 Å². The molecule has 3 heteroatoms. The van der Waals surface area contributed by atoms with Gasteiger partial charge in [0.05, 0.1) is 0 Å². The van der Waals surface area contributed by atoms with Crippen molar-refractivity contribution in [2.45, 2.75) is 38.5 Å². The Morgan fingerprint density at radius 2 is 2.17 bits per heavy atom. The lowest BCUT2D eigenvalue weighted by molar-refractivity contribution is 0.263. The van der Waals surface area contributed by atoms with Crippen LogP contribution in [0.4, 0.5) is 5.82 Å². The minimum absolute atomic E-state index is 0.328. The first-order valence-corrected chi connectivity index (χ1v) is 4.44. The quantitative estimate of drug-likeness (QED) is 0.666. The fraction of sp³-hybridized carbons (Fsp3) is 0.667. The Morgan fingerprint density at radius 3 is 2.50 bits per heavy atom. The molecule has 2 rings (SSSR count). The molecule has 12 heavy (non-hydrogen) atoms. The van der Waals surface area contributed by atoms with Gasteiger partial charge < -0.3 is 5.73 Å². The maximum Gasteiger partial charge on any atom is 0.148 e. The van der Waals surface area contributed by atoms with Gasteiger partial charge in [0.15, 0.2) is 0 Å². The minimum Gasteiger partial charge on any atom is -0.382 e.